The predicted molar refractivity (Wildman–Crippen MR) is 54.0 cm³/mol. The Morgan fingerprint density at radius 3 is 2.79 bits per heavy atom. The standard InChI is InChI=1S/C10H17N3O/c14-8-3-10(1-4-11-5-2-10)13-7-6-12-9-13/h6-7,9,11,14H,1-5,8H2. The molecule has 1 aromatic heterocycles. The fourth-order valence-electron chi connectivity index (χ4n) is 2.28. The second-order valence-corrected chi connectivity index (χ2v) is 3.92. The first-order valence-corrected chi connectivity index (χ1v) is 5.17. The number of piperidine rings is 1. The molecule has 0 saturated carbocycles. The second-order valence-electron chi connectivity index (χ2n) is 3.92. The average Bonchev–Trinajstić information content (AvgIpc) is 2.73. The summed E-state index contributed by atoms with van der Waals surface area (Å²) in [5.41, 5.74) is 0.0938. The first-order chi connectivity index (χ1) is 6.87. The number of imidazole rings is 1. The van der Waals surface area contributed by atoms with E-state index in [2.05, 4.69) is 14.9 Å². The summed E-state index contributed by atoms with van der Waals surface area (Å²) in [6.07, 6.45) is 8.64. The monoisotopic (exact) mass is 195 g/mol. The topological polar surface area (TPSA) is 50.1 Å². The van der Waals surface area contributed by atoms with Crippen LogP contribution in [-0.2, 0) is 5.54 Å². The van der Waals surface area contributed by atoms with E-state index < -0.39 is 0 Å². The Morgan fingerprint density at radius 2 is 2.21 bits per heavy atom. The van der Waals surface area contributed by atoms with Crippen LogP contribution >= 0.6 is 0 Å². The molecule has 2 rings (SSSR count). The zero-order valence-electron chi connectivity index (χ0n) is 8.32. The number of aliphatic hydroxyl groups excluding tert-OH is 1. The molecule has 78 valence electrons. The largest absolute Gasteiger partial charge is 0.396 e. The molecule has 0 aliphatic carbocycles. The number of rotatable bonds is 3. The maximum atomic E-state index is 9.13. The molecule has 0 spiro atoms. The molecular weight excluding hydrogens is 178 g/mol. The summed E-state index contributed by atoms with van der Waals surface area (Å²) in [5.74, 6) is 0. The van der Waals surface area contributed by atoms with E-state index in [0.29, 0.717) is 0 Å². The third-order valence-corrected chi connectivity index (χ3v) is 3.16. The molecule has 4 nitrogen and oxygen atoms in total. The second kappa shape index (κ2) is 4.11. The number of nitrogens with one attached hydrogen (secondary N) is 1. The van der Waals surface area contributed by atoms with Crippen LogP contribution in [-0.4, -0.2) is 34.4 Å². The summed E-state index contributed by atoms with van der Waals surface area (Å²) >= 11 is 0. The van der Waals surface area contributed by atoms with Crippen LogP contribution in [0, 0.1) is 0 Å². The Hall–Kier alpha value is -0.870. The van der Waals surface area contributed by atoms with E-state index in [1.165, 1.54) is 0 Å². The summed E-state index contributed by atoms with van der Waals surface area (Å²) in [7, 11) is 0. The van der Waals surface area contributed by atoms with Crippen molar-refractivity contribution < 1.29 is 5.11 Å². The Balaban J connectivity index is 2.20. The van der Waals surface area contributed by atoms with Gasteiger partial charge in [-0.25, -0.2) is 4.98 Å². The smallest absolute Gasteiger partial charge is 0.0951 e. The quantitative estimate of drug-likeness (QED) is 0.731. The Kier molecular flexibility index (Phi) is 2.84. The molecule has 0 atom stereocenters. The van der Waals surface area contributed by atoms with Gasteiger partial charge in [-0.2, -0.15) is 0 Å². The van der Waals surface area contributed by atoms with E-state index in [9.17, 15) is 0 Å². The summed E-state index contributed by atoms with van der Waals surface area (Å²) in [5, 5.41) is 12.5. The molecule has 1 fully saturated rings. The van der Waals surface area contributed by atoms with Crippen molar-refractivity contribution in [3.8, 4) is 0 Å². The van der Waals surface area contributed by atoms with Gasteiger partial charge in [0.2, 0.25) is 0 Å². The highest BCUT2D eigenvalue weighted by atomic mass is 16.3. The molecule has 0 bridgehead atoms. The van der Waals surface area contributed by atoms with Crippen LogP contribution in [0.1, 0.15) is 19.3 Å². The Morgan fingerprint density at radius 1 is 1.43 bits per heavy atom. The Bertz CT molecular complexity index is 259. The lowest BCUT2D eigenvalue weighted by atomic mass is 9.85. The van der Waals surface area contributed by atoms with Gasteiger partial charge in [0, 0.05) is 19.0 Å². The number of aromatic nitrogens is 2. The lowest BCUT2D eigenvalue weighted by molar-refractivity contribution is 0.143. The van der Waals surface area contributed by atoms with E-state index in [1.807, 2.05) is 12.5 Å². The fraction of sp³-hybridized carbons (Fsp3) is 0.700. The van der Waals surface area contributed by atoms with Crippen molar-refractivity contribution in [3.63, 3.8) is 0 Å². The van der Waals surface area contributed by atoms with Crippen LogP contribution in [0.15, 0.2) is 18.7 Å². The maximum Gasteiger partial charge on any atom is 0.0951 e. The van der Waals surface area contributed by atoms with Crippen molar-refractivity contribution in [2.24, 2.45) is 0 Å². The van der Waals surface area contributed by atoms with E-state index in [0.717, 1.165) is 32.4 Å². The molecule has 0 aromatic carbocycles. The first-order valence-electron chi connectivity index (χ1n) is 5.17. The van der Waals surface area contributed by atoms with Gasteiger partial charge in [0.05, 0.1) is 11.9 Å². The van der Waals surface area contributed by atoms with Crippen molar-refractivity contribution >= 4 is 0 Å². The fourth-order valence-corrected chi connectivity index (χ4v) is 2.28. The minimum atomic E-state index is 0.0938. The lowest BCUT2D eigenvalue weighted by Gasteiger charge is -2.38. The van der Waals surface area contributed by atoms with Crippen LogP contribution in [0.25, 0.3) is 0 Å². The summed E-state index contributed by atoms with van der Waals surface area (Å²) in [6.45, 7) is 2.30. The van der Waals surface area contributed by atoms with Crippen LogP contribution in [0.5, 0.6) is 0 Å². The Labute approximate surface area is 84.0 Å². The molecule has 1 saturated heterocycles. The van der Waals surface area contributed by atoms with Crippen molar-refractivity contribution in [2.45, 2.75) is 24.8 Å². The minimum absolute atomic E-state index is 0.0938. The third-order valence-electron chi connectivity index (χ3n) is 3.16. The zero-order valence-corrected chi connectivity index (χ0v) is 8.32. The van der Waals surface area contributed by atoms with E-state index in [-0.39, 0.29) is 12.1 Å². The van der Waals surface area contributed by atoms with Gasteiger partial charge >= 0.3 is 0 Å². The zero-order chi connectivity index (χ0) is 9.86. The molecule has 1 aliphatic heterocycles. The number of nitrogens with zero attached hydrogens (tertiary/aromatic N) is 2. The molecule has 0 amide bonds. The molecule has 0 radical (unpaired) electrons. The van der Waals surface area contributed by atoms with E-state index in [4.69, 9.17) is 5.11 Å². The lowest BCUT2D eigenvalue weighted by Crippen LogP contribution is -2.44. The van der Waals surface area contributed by atoms with Crippen LogP contribution in [0.2, 0.25) is 0 Å². The van der Waals surface area contributed by atoms with Gasteiger partial charge in [0.1, 0.15) is 0 Å². The van der Waals surface area contributed by atoms with Gasteiger partial charge in [-0.1, -0.05) is 0 Å². The van der Waals surface area contributed by atoms with Crippen LogP contribution in [0.4, 0.5) is 0 Å². The van der Waals surface area contributed by atoms with Crippen molar-refractivity contribution in [2.75, 3.05) is 19.7 Å². The van der Waals surface area contributed by atoms with Gasteiger partial charge < -0.3 is 15.0 Å². The number of hydrogen-bond acceptors (Lipinski definition) is 3. The van der Waals surface area contributed by atoms with Gasteiger partial charge in [-0.15, -0.1) is 0 Å². The molecule has 1 aliphatic rings. The van der Waals surface area contributed by atoms with Crippen molar-refractivity contribution in [1.29, 1.82) is 0 Å². The normalized spacial score (nSPS) is 20.9. The van der Waals surface area contributed by atoms with Gasteiger partial charge in [0.15, 0.2) is 0 Å². The SMILES string of the molecule is OCCC1(n2ccnc2)CCNCC1. The highest BCUT2D eigenvalue weighted by Gasteiger charge is 2.32. The van der Waals surface area contributed by atoms with E-state index >= 15 is 0 Å². The summed E-state index contributed by atoms with van der Waals surface area (Å²) in [6, 6.07) is 0. The number of hydrogen-bond donors (Lipinski definition) is 2. The summed E-state index contributed by atoms with van der Waals surface area (Å²) in [4.78, 5) is 4.09. The highest BCUT2D eigenvalue weighted by Crippen LogP contribution is 2.30. The van der Waals surface area contributed by atoms with Crippen molar-refractivity contribution in [1.82, 2.24) is 14.9 Å². The summed E-state index contributed by atoms with van der Waals surface area (Å²) < 4.78 is 2.16. The first kappa shape index (κ1) is 9.68. The van der Waals surface area contributed by atoms with Gasteiger partial charge in [0.25, 0.3) is 0 Å². The third kappa shape index (κ3) is 1.67. The molecule has 0 unspecified atom stereocenters. The maximum absolute atomic E-state index is 9.13. The van der Waals surface area contributed by atoms with Gasteiger partial charge in [-0.3, -0.25) is 0 Å². The van der Waals surface area contributed by atoms with Crippen LogP contribution < -0.4 is 5.32 Å². The predicted octanol–water partition coefficient (Wildman–Crippen LogP) is 0.344. The number of aliphatic hydroxyl groups is 1. The molecule has 1 aromatic rings. The van der Waals surface area contributed by atoms with E-state index in [1.54, 1.807) is 6.20 Å². The molecule has 2 N–H and O–H groups in total. The average molecular weight is 195 g/mol. The minimum Gasteiger partial charge on any atom is -0.396 e. The highest BCUT2D eigenvalue weighted by molar-refractivity contribution is 4.94. The molecule has 4 heteroatoms. The molecule has 14 heavy (non-hydrogen) atoms. The molecular formula is C10H17N3O. The van der Waals surface area contributed by atoms with Crippen LogP contribution in [0.3, 0.4) is 0 Å². The van der Waals surface area contributed by atoms with Crippen molar-refractivity contribution in [3.05, 3.63) is 18.7 Å². The van der Waals surface area contributed by atoms with Gasteiger partial charge in [-0.05, 0) is 32.4 Å². The molecule has 2 heterocycles.